The number of pyridine rings is 1. The first-order chi connectivity index (χ1) is 14.7. The molecule has 0 saturated carbocycles. The van der Waals surface area contributed by atoms with Crippen molar-refractivity contribution in [3.63, 3.8) is 0 Å². The minimum absolute atomic E-state index is 0.0673. The molecule has 3 heterocycles. The fourth-order valence-corrected chi connectivity index (χ4v) is 4.01. The molecule has 160 valence electrons. The average Bonchev–Trinajstić information content (AvgIpc) is 3.08. The zero-order valence-corrected chi connectivity index (χ0v) is 17.2. The first-order valence-electron chi connectivity index (χ1n) is 9.12. The highest BCUT2D eigenvalue weighted by molar-refractivity contribution is 7.91. The topological polar surface area (TPSA) is 106 Å². The molecular formula is C20H16F2N4O4S. The second kappa shape index (κ2) is 7.58. The van der Waals surface area contributed by atoms with Gasteiger partial charge in [-0.3, -0.25) is 9.20 Å². The molecule has 8 nitrogen and oxygen atoms in total. The van der Waals surface area contributed by atoms with Gasteiger partial charge in [0, 0.05) is 12.3 Å². The van der Waals surface area contributed by atoms with E-state index in [0.29, 0.717) is 22.8 Å². The Labute approximate surface area is 175 Å². The van der Waals surface area contributed by atoms with Crippen LogP contribution in [0.4, 0.5) is 8.78 Å². The van der Waals surface area contributed by atoms with Crippen molar-refractivity contribution in [1.82, 2.24) is 19.6 Å². The standard InChI is InChI=1S/C20H16F2N4O4S/c1-3-31(28,29)13-8-14(16-6-11(2)18-19(27)25-24-10-26(16)18)20(23-9-13)30-17-5-4-12(21)7-15(17)22/h4-10H,3H2,1-2H3,(H,25,27). The predicted octanol–water partition coefficient (Wildman–Crippen LogP) is 3.26. The molecule has 3 aromatic heterocycles. The zero-order chi connectivity index (χ0) is 22.3. The summed E-state index contributed by atoms with van der Waals surface area (Å²) in [4.78, 5) is 16.2. The van der Waals surface area contributed by atoms with E-state index in [1.54, 1.807) is 13.0 Å². The van der Waals surface area contributed by atoms with E-state index >= 15 is 0 Å². The molecule has 1 aromatic carbocycles. The highest BCUT2D eigenvalue weighted by atomic mass is 32.2. The smallest absolute Gasteiger partial charge is 0.288 e. The molecule has 0 amide bonds. The molecule has 0 atom stereocenters. The van der Waals surface area contributed by atoms with Gasteiger partial charge in [0.25, 0.3) is 5.56 Å². The van der Waals surface area contributed by atoms with Gasteiger partial charge in [-0.25, -0.2) is 27.3 Å². The second-order valence-corrected chi connectivity index (χ2v) is 9.00. The van der Waals surface area contributed by atoms with Crippen LogP contribution in [0.2, 0.25) is 0 Å². The van der Waals surface area contributed by atoms with Gasteiger partial charge in [0.1, 0.15) is 17.7 Å². The molecule has 0 aliphatic heterocycles. The van der Waals surface area contributed by atoms with Gasteiger partial charge in [-0.05, 0) is 36.8 Å². The van der Waals surface area contributed by atoms with E-state index in [2.05, 4.69) is 15.2 Å². The van der Waals surface area contributed by atoms with Crippen molar-refractivity contribution in [2.45, 2.75) is 18.7 Å². The number of benzene rings is 1. The fraction of sp³-hybridized carbons (Fsp3) is 0.150. The second-order valence-electron chi connectivity index (χ2n) is 6.72. The maximum absolute atomic E-state index is 14.2. The Bertz CT molecular complexity index is 1480. The minimum Gasteiger partial charge on any atom is -0.435 e. The summed E-state index contributed by atoms with van der Waals surface area (Å²) in [6.45, 7) is 3.20. The Morgan fingerprint density at radius 2 is 1.97 bits per heavy atom. The van der Waals surface area contributed by atoms with Gasteiger partial charge < -0.3 is 4.74 Å². The largest absolute Gasteiger partial charge is 0.435 e. The van der Waals surface area contributed by atoms with Crippen LogP contribution >= 0.6 is 0 Å². The summed E-state index contributed by atoms with van der Waals surface area (Å²) in [7, 11) is -3.62. The molecule has 0 aliphatic carbocycles. The van der Waals surface area contributed by atoms with Crippen LogP contribution in [0.25, 0.3) is 16.8 Å². The predicted molar refractivity (Wildman–Crippen MR) is 108 cm³/mol. The van der Waals surface area contributed by atoms with E-state index in [9.17, 15) is 22.0 Å². The third-order valence-corrected chi connectivity index (χ3v) is 6.42. The highest BCUT2D eigenvalue weighted by Gasteiger charge is 2.22. The summed E-state index contributed by atoms with van der Waals surface area (Å²) in [6.07, 6.45) is 2.45. The third-order valence-electron chi connectivity index (χ3n) is 4.72. The minimum atomic E-state index is -3.62. The third kappa shape index (κ3) is 3.67. The normalized spacial score (nSPS) is 11.7. The molecule has 0 saturated heterocycles. The number of fused-ring (bicyclic) bond motifs is 1. The number of aryl methyl sites for hydroxylation is 1. The lowest BCUT2D eigenvalue weighted by molar-refractivity contribution is 0.424. The summed E-state index contributed by atoms with van der Waals surface area (Å²) in [5, 5.41) is 6.12. The monoisotopic (exact) mass is 446 g/mol. The lowest BCUT2D eigenvalue weighted by Crippen LogP contribution is -2.12. The van der Waals surface area contributed by atoms with Crippen molar-refractivity contribution in [2.24, 2.45) is 0 Å². The zero-order valence-electron chi connectivity index (χ0n) is 16.4. The Morgan fingerprint density at radius 3 is 2.68 bits per heavy atom. The molecule has 0 fully saturated rings. The first kappa shape index (κ1) is 20.7. The van der Waals surface area contributed by atoms with Crippen molar-refractivity contribution >= 4 is 15.4 Å². The molecule has 4 rings (SSSR count). The number of nitrogens with one attached hydrogen (secondary N) is 1. The number of aromatic nitrogens is 4. The summed E-state index contributed by atoms with van der Waals surface area (Å²) in [5.74, 6) is -2.31. The van der Waals surface area contributed by atoms with E-state index in [1.165, 1.54) is 23.7 Å². The van der Waals surface area contributed by atoms with Gasteiger partial charge in [0.05, 0.1) is 21.9 Å². The van der Waals surface area contributed by atoms with Crippen LogP contribution in [0.1, 0.15) is 12.5 Å². The van der Waals surface area contributed by atoms with Crippen LogP contribution in [0.15, 0.2) is 52.5 Å². The van der Waals surface area contributed by atoms with Gasteiger partial charge in [0.15, 0.2) is 21.4 Å². The van der Waals surface area contributed by atoms with E-state index in [0.717, 1.165) is 18.3 Å². The van der Waals surface area contributed by atoms with Gasteiger partial charge >= 0.3 is 0 Å². The Hall–Kier alpha value is -3.60. The van der Waals surface area contributed by atoms with Gasteiger partial charge in [0.2, 0.25) is 5.88 Å². The number of rotatable bonds is 5. The number of nitrogens with zero attached hydrogens (tertiary/aromatic N) is 3. The number of ether oxygens (including phenoxy) is 1. The van der Waals surface area contributed by atoms with Crippen molar-refractivity contribution in [1.29, 1.82) is 0 Å². The van der Waals surface area contributed by atoms with Crippen molar-refractivity contribution < 1.29 is 21.9 Å². The van der Waals surface area contributed by atoms with E-state index in [4.69, 9.17) is 4.74 Å². The van der Waals surface area contributed by atoms with Gasteiger partial charge in [-0.15, -0.1) is 0 Å². The molecular weight excluding hydrogens is 430 g/mol. The van der Waals surface area contributed by atoms with Crippen LogP contribution in [-0.2, 0) is 9.84 Å². The number of halogens is 2. The van der Waals surface area contributed by atoms with Crippen LogP contribution in [0.3, 0.4) is 0 Å². The van der Waals surface area contributed by atoms with E-state index < -0.39 is 27.0 Å². The van der Waals surface area contributed by atoms with Crippen molar-refractivity contribution in [2.75, 3.05) is 5.75 Å². The molecule has 0 radical (unpaired) electrons. The number of aromatic amines is 1. The van der Waals surface area contributed by atoms with E-state index in [1.807, 2.05) is 0 Å². The molecule has 11 heteroatoms. The molecule has 4 aromatic rings. The molecule has 31 heavy (non-hydrogen) atoms. The quantitative estimate of drug-likeness (QED) is 0.504. The fourth-order valence-electron chi connectivity index (χ4n) is 3.16. The van der Waals surface area contributed by atoms with Gasteiger partial charge in [-0.2, -0.15) is 5.10 Å². The highest BCUT2D eigenvalue weighted by Crippen LogP contribution is 2.35. The van der Waals surface area contributed by atoms with Gasteiger partial charge in [-0.1, -0.05) is 6.92 Å². The summed E-state index contributed by atoms with van der Waals surface area (Å²) >= 11 is 0. The summed E-state index contributed by atoms with van der Waals surface area (Å²) in [6, 6.07) is 5.75. The number of H-pyrrole nitrogens is 1. The lowest BCUT2D eigenvalue weighted by Gasteiger charge is -2.12. The first-order valence-corrected chi connectivity index (χ1v) is 10.8. The molecule has 0 aliphatic rings. The molecule has 0 bridgehead atoms. The number of hydrogen-bond acceptors (Lipinski definition) is 6. The molecule has 1 N–H and O–H groups in total. The maximum Gasteiger partial charge on any atom is 0.288 e. The van der Waals surface area contributed by atoms with Crippen LogP contribution < -0.4 is 10.3 Å². The van der Waals surface area contributed by atoms with E-state index in [-0.39, 0.29) is 27.8 Å². The number of sulfone groups is 1. The molecule has 0 unspecified atom stereocenters. The van der Waals surface area contributed by atoms with Crippen LogP contribution in [-0.4, -0.2) is 33.8 Å². The van der Waals surface area contributed by atoms with Crippen molar-refractivity contribution in [3.8, 4) is 22.9 Å². The SMILES string of the molecule is CCS(=O)(=O)c1cnc(Oc2ccc(F)cc2F)c(-c2cc(C)c3c(=O)[nH]ncn23)c1. The average molecular weight is 446 g/mol. The Balaban J connectivity index is 1.98. The summed E-state index contributed by atoms with van der Waals surface area (Å²) < 4.78 is 59.3. The lowest BCUT2D eigenvalue weighted by atomic mass is 10.2. The van der Waals surface area contributed by atoms with Crippen LogP contribution in [0.5, 0.6) is 11.6 Å². The Morgan fingerprint density at radius 1 is 1.19 bits per heavy atom. The van der Waals surface area contributed by atoms with Crippen molar-refractivity contribution in [3.05, 3.63) is 70.4 Å². The molecule has 0 spiro atoms. The van der Waals surface area contributed by atoms with Crippen LogP contribution in [0, 0.1) is 18.6 Å². The summed E-state index contributed by atoms with van der Waals surface area (Å²) in [5.41, 5.74) is 1.01. The maximum atomic E-state index is 14.2. The number of hydrogen-bond donors (Lipinski definition) is 1. The Kier molecular flexibility index (Phi) is 5.05.